The molecule has 0 saturated carbocycles. The van der Waals surface area contributed by atoms with E-state index in [0.717, 1.165) is 12.4 Å². The molecule has 0 amide bonds. The van der Waals surface area contributed by atoms with Crippen LogP contribution in [0.25, 0.3) is 12.4 Å². The first-order valence-electron chi connectivity index (χ1n) is 3.34. The van der Waals surface area contributed by atoms with Crippen LogP contribution in [0.1, 0.15) is 0 Å². The Labute approximate surface area is 72.1 Å². The van der Waals surface area contributed by atoms with Crippen molar-refractivity contribution >= 4 is 12.4 Å². The van der Waals surface area contributed by atoms with Gasteiger partial charge in [-0.1, -0.05) is 13.2 Å². The van der Waals surface area contributed by atoms with Crippen molar-refractivity contribution in [1.29, 1.82) is 0 Å². The highest BCUT2D eigenvalue weighted by Crippen LogP contribution is 1.68. The maximum absolute atomic E-state index is 11.2. The Kier molecular flexibility index (Phi) is 2.14. The first-order valence-corrected chi connectivity index (χ1v) is 3.34. The van der Waals surface area contributed by atoms with Crippen molar-refractivity contribution in [3.8, 4) is 0 Å². The molecule has 0 atom stereocenters. The topological polar surface area (TPSA) is 76.9 Å². The predicted octanol–water partition coefficient (Wildman–Crippen LogP) is -1.10. The van der Waals surface area contributed by atoms with Gasteiger partial charge >= 0.3 is 17.1 Å². The second kappa shape index (κ2) is 3.10. The molecular formula is C7H7N3O3. The van der Waals surface area contributed by atoms with Gasteiger partial charge in [-0.15, -0.1) is 0 Å². The van der Waals surface area contributed by atoms with E-state index in [1.54, 1.807) is 0 Å². The maximum Gasteiger partial charge on any atom is 0.344 e. The lowest BCUT2D eigenvalue weighted by molar-refractivity contribution is 0.757. The minimum Gasteiger partial charge on any atom is -0.258 e. The number of hydrogen-bond acceptors (Lipinski definition) is 3. The van der Waals surface area contributed by atoms with Crippen molar-refractivity contribution < 1.29 is 0 Å². The molecule has 1 aromatic heterocycles. The van der Waals surface area contributed by atoms with Crippen LogP contribution in [0.15, 0.2) is 27.5 Å². The highest BCUT2D eigenvalue weighted by Gasteiger charge is 2.03. The lowest BCUT2D eigenvalue weighted by atomic mass is 10.8. The molecule has 6 nitrogen and oxygen atoms in total. The molecule has 0 aliphatic carbocycles. The van der Waals surface area contributed by atoms with Crippen LogP contribution in [-0.4, -0.2) is 14.1 Å². The molecule has 68 valence electrons. The summed E-state index contributed by atoms with van der Waals surface area (Å²) in [5.74, 6) is 0. The minimum absolute atomic E-state index is 0.670. The number of rotatable bonds is 2. The number of nitrogens with zero attached hydrogens (tertiary/aromatic N) is 2. The second-order valence-electron chi connectivity index (χ2n) is 2.12. The predicted molar refractivity (Wildman–Crippen MR) is 48.4 cm³/mol. The fourth-order valence-electron chi connectivity index (χ4n) is 0.824. The van der Waals surface area contributed by atoms with Gasteiger partial charge in [0, 0.05) is 12.4 Å². The van der Waals surface area contributed by atoms with Crippen LogP contribution in [0.5, 0.6) is 0 Å². The quantitative estimate of drug-likeness (QED) is 0.629. The normalized spacial score (nSPS) is 9.54. The molecule has 0 fully saturated rings. The number of nitrogens with one attached hydrogen (secondary N) is 1. The third-order valence-electron chi connectivity index (χ3n) is 1.43. The zero-order valence-electron chi connectivity index (χ0n) is 6.69. The van der Waals surface area contributed by atoms with Crippen molar-refractivity contribution in [3.63, 3.8) is 0 Å². The molecule has 0 bridgehead atoms. The molecule has 13 heavy (non-hydrogen) atoms. The van der Waals surface area contributed by atoms with Gasteiger partial charge in [0.05, 0.1) is 0 Å². The van der Waals surface area contributed by atoms with E-state index in [2.05, 4.69) is 13.2 Å². The SMILES string of the molecule is C=Cn1c(=O)[nH]c(=O)n(C=C)c1=O. The smallest absolute Gasteiger partial charge is 0.258 e. The van der Waals surface area contributed by atoms with E-state index in [-0.39, 0.29) is 0 Å². The summed E-state index contributed by atoms with van der Waals surface area (Å²) >= 11 is 0. The van der Waals surface area contributed by atoms with Gasteiger partial charge in [-0.05, 0) is 0 Å². The summed E-state index contributed by atoms with van der Waals surface area (Å²) in [5.41, 5.74) is -2.43. The third-order valence-corrected chi connectivity index (χ3v) is 1.43. The largest absolute Gasteiger partial charge is 0.344 e. The van der Waals surface area contributed by atoms with E-state index in [0.29, 0.717) is 9.13 Å². The van der Waals surface area contributed by atoms with E-state index in [1.807, 2.05) is 4.98 Å². The van der Waals surface area contributed by atoms with Gasteiger partial charge in [-0.2, -0.15) is 0 Å². The van der Waals surface area contributed by atoms with Crippen LogP contribution in [0.2, 0.25) is 0 Å². The molecule has 0 aliphatic rings. The summed E-state index contributed by atoms with van der Waals surface area (Å²) in [5, 5.41) is 0. The van der Waals surface area contributed by atoms with Gasteiger partial charge in [0.25, 0.3) is 0 Å². The van der Waals surface area contributed by atoms with Crippen LogP contribution in [0.4, 0.5) is 0 Å². The Balaban J connectivity index is 3.90. The Morgan fingerprint density at radius 3 is 1.69 bits per heavy atom. The number of H-pyrrole nitrogens is 1. The van der Waals surface area contributed by atoms with E-state index < -0.39 is 17.1 Å². The van der Waals surface area contributed by atoms with Gasteiger partial charge in [-0.25, -0.2) is 23.5 Å². The van der Waals surface area contributed by atoms with E-state index in [9.17, 15) is 14.4 Å². The Bertz CT molecular complexity index is 474. The highest BCUT2D eigenvalue weighted by molar-refractivity contribution is 5.19. The van der Waals surface area contributed by atoms with Crippen molar-refractivity contribution in [1.82, 2.24) is 14.1 Å². The average Bonchev–Trinajstić information content (AvgIpc) is 2.04. The number of aromatic nitrogens is 3. The van der Waals surface area contributed by atoms with Gasteiger partial charge < -0.3 is 0 Å². The Morgan fingerprint density at radius 1 is 1.00 bits per heavy atom. The summed E-state index contributed by atoms with van der Waals surface area (Å²) < 4.78 is 1.34. The Hall–Kier alpha value is -2.11. The molecule has 0 saturated heterocycles. The molecule has 0 unspecified atom stereocenters. The molecule has 6 heteroatoms. The first-order chi connectivity index (χ1) is 6.11. The summed E-state index contributed by atoms with van der Waals surface area (Å²) in [6.07, 6.45) is 2.03. The molecule has 1 heterocycles. The molecule has 0 radical (unpaired) electrons. The van der Waals surface area contributed by atoms with Crippen LogP contribution >= 0.6 is 0 Å². The molecular weight excluding hydrogens is 174 g/mol. The molecule has 1 N–H and O–H groups in total. The zero-order valence-corrected chi connectivity index (χ0v) is 6.69. The zero-order chi connectivity index (χ0) is 10.0. The van der Waals surface area contributed by atoms with E-state index >= 15 is 0 Å². The number of aromatic amines is 1. The summed E-state index contributed by atoms with van der Waals surface area (Å²) in [6, 6.07) is 0. The van der Waals surface area contributed by atoms with Gasteiger partial charge in [0.1, 0.15) is 0 Å². The third kappa shape index (κ3) is 1.28. The van der Waals surface area contributed by atoms with Crippen molar-refractivity contribution in [3.05, 3.63) is 44.6 Å². The number of hydrogen-bond donors (Lipinski definition) is 1. The summed E-state index contributed by atoms with van der Waals surface area (Å²) in [6.45, 7) is 6.50. The molecule has 1 aromatic rings. The fraction of sp³-hybridized carbons (Fsp3) is 0. The lowest BCUT2D eigenvalue weighted by Crippen LogP contribution is -2.45. The average molecular weight is 181 g/mol. The monoisotopic (exact) mass is 181 g/mol. The lowest BCUT2D eigenvalue weighted by Gasteiger charge is -1.98. The van der Waals surface area contributed by atoms with Crippen LogP contribution in [-0.2, 0) is 0 Å². The maximum atomic E-state index is 11.2. The standard InChI is InChI=1S/C7H7N3O3/c1-3-9-5(11)8-6(12)10(4-2)7(9)13/h3-4H,1-2H2,(H,8,11,12). The van der Waals surface area contributed by atoms with Crippen molar-refractivity contribution in [2.45, 2.75) is 0 Å². The summed E-state index contributed by atoms with van der Waals surface area (Å²) in [7, 11) is 0. The van der Waals surface area contributed by atoms with Gasteiger partial charge in [-0.3, -0.25) is 4.98 Å². The molecule has 1 rings (SSSR count). The molecule has 0 spiro atoms. The van der Waals surface area contributed by atoms with Crippen molar-refractivity contribution in [2.75, 3.05) is 0 Å². The summed E-state index contributed by atoms with van der Waals surface area (Å²) in [4.78, 5) is 35.1. The molecule has 0 aromatic carbocycles. The second-order valence-corrected chi connectivity index (χ2v) is 2.12. The molecule has 0 aliphatic heterocycles. The van der Waals surface area contributed by atoms with E-state index in [4.69, 9.17) is 0 Å². The van der Waals surface area contributed by atoms with Crippen molar-refractivity contribution in [2.24, 2.45) is 0 Å². The van der Waals surface area contributed by atoms with Gasteiger partial charge in [0.2, 0.25) is 0 Å². The first kappa shape index (κ1) is 8.98. The fourth-order valence-corrected chi connectivity index (χ4v) is 0.824. The highest BCUT2D eigenvalue weighted by atomic mass is 16.2. The Morgan fingerprint density at radius 2 is 1.38 bits per heavy atom. The van der Waals surface area contributed by atoms with Crippen LogP contribution in [0, 0.1) is 0 Å². The minimum atomic E-state index is -0.817. The van der Waals surface area contributed by atoms with Crippen LogP contribution in [0.3, 0.4) is 0 Å². The van der Waals surface area contributed by atoms with Gasteiger partial charge in [0.15, 0.2) is 0 Å². The van der Waals surface area contributed by atoms with E-state index in [1.165, 1.54) is 0 Å². The van der Waals surface area contributed by atoms with Crippen LogP contribution < -0.4 is 17.1 Å².